The molecule has 0 bridgehead atoms. The number of anilines is 1. The predicted molar refractivity (Wildman–Crippen MR) is 155 cm³/mol. The van der Waals surface area contributed by atoms with Gasteiger partial charge in [-0.05, 0) is 60.0 Å². The normalized spacial score (nSPS) is 16.7. The van der Waals surface area contributed by atoms with E-state index in [1.165, 1.54) is 16.7 Å². The minimum Gasteiger partial charge on any atom is -0.492 e. The van der Waals surface area contributed by atoms with Crippen LogP contribution in [0.5, 0.6) is 5.75 Å². The minimum atomic E-state index is -0.265. The molecule has 0 N–H and O–H groups in total. The fourth-order valence-electron chi connectivity index (χ4n) is 5.22. The number of benzene rings is 3. The molecule has 0 aromatic heterocycles. The monoisotopic (exact) mass is 529 g/mol. The van der Waals surface area contributed by atoms with E-state index >= 15 is 0 Å². The molecule has 2 saturated heterocycles. The van der Waals surface area contributed by atoms with Crippen molar-refractivity contribution in [1.29, 1.82) is 0 Å². The second-order valence-electron chi connectivity index (χ2n) is 10.0. The lowest BCUT2D eigenvalue weighted by atomic mass is 9.99. The standard InChI is InChI=1S/C32H39N3O4/c1-2-38-32(36)27-7-11-29(12-8-27)35-17-15-34(16-18-35)25-28-5-3-4-6-31(28)26-9-13-30(14-10-26)39-24-21-33-19-22-37-23-20-33/h3-14H,2,15-25H2,1H3. The van der Waals surface area contributed by atoms with Gasteiger partial charge in [0.15, 0.2) is 0 Å². The smallest absolute Gasteiger partial charge is 0.338 e. The molecule has 39 heavy (non-hydrogen) atoms. The number of nitrogens with zero attached hydrogens (tertiary/aromatic N) is 3. The Hall–Kier alpha value is -3.39. The summed E-state index contributed by atoms with van der Waals surface area (Å²) >= 11 is 0. The zero-order valence-corrected chi connectivity index (χ0v) is 22.9. The topological polar surface area (TPSA) is 54.5 Å². The van der Waals surface area contributed by atoms with Gasteiger partial charge in [0.2, 0.25) is 0 Å². The molecule has 0 radical (unpaired) electrons. The first-order valence-electron chi connectivity index (χ1n) is 14.1. The molecule has 0 spiro atoms. The molecule has 2 heterocycles. The number of piperazine rings is 1. The summed E-state index contributed by atoms with van der Waals surface area (Å²) in [6.07, 6.45) is 0. The number of carbonyl (C=O) groups is 1. The van der Waals surface area contributed by atoms with Crippen molar-refractivity contribution in [3.05, 3.63) is 83.9 Å². The molecule has 0 amide bonds. The van der Waals surface area contributed by atoms with Crippen LogP contribution in [0.1, 0.15) is 22.8 Å². The van der Waals surface area contributed by atoms with Crippen LogP contribution in [0.3, 0.4) is 0 Å². The Morgan fingerprint density at radius 2 is 1.54 bits per heavy atom. The first kappa shape index (κ1) is 27.2. The maximum atomic E-state index is 11.9. The number of carbonyl (C=O) groups excluding carboxylic acids is 1. The number of hydrogen-bond acceptors (Lipinski definition) is 7. The van der Waals surface area contributed by atoms with Crippen molar-refractivity contribution in [1.82, 2.24) is 9.80 Å². The lowest BCUT2D eigenvalue weighted by Crippen LogP contribution is -2.46. The highest BCUT2D eigenvalue weighted by Crippen LogP contribution is 2.27. The van der Waals surface area contributed by atoms with Crippen LogP contribution in [0, 0.1) is 0 Å². The van der Waals surface area contributed by atoms with Gasteiger partial charge in [0, 0.05) is 58.0 Å². The van der Waals surface area contributed by atoms with E-state index in [0.29, 0.717) is 18.8 Å². The Bertz CT molecular complexity index is 1180. The maximum absolute atomic E-state index is 11.9. The third-order valence-electron chi connectivity index (χ3n) is 7.47. The van der Waals surface area contributed by atoms with Gasteiger partial charge in [0.1, 0.15) is 12.4 Å². The van der Waals surface area contributed by atoms with Crippen LogP contribution >= 0.6 is 0 Å². The molecule has 2 aliphatic heterocycles. The van der Waals surface area contributed by atoms with Gasteiger partial charge in [0.05, 0.1) is 25.4 Å². The Balaban J connectivity index is 1.13. The van der Waals surface area contributed by atoms with Gasteiger partial charge in [-0.1, -0.05) is 36.4 Å². The third-order valence-corrected chi connectivity index (χ3v) is 7.47. The average molecular weight is 530 g/mol. The molecular formula is C32H39N3O4. The number of ether oxygens (including phenoxy) is 3. The second kappa shape index (κ2) is 13.6. The highest BCUT2D eigenvalue weighted by molar-refractivity contribution is 5.89. The predicted octanol–water partition coefficient (Wildman–Crippen LogP) is 4.56. The van der Waals surface area contributed by atoms with Crippen molar-refractivity contribution in [2.24, 2.45) is 0 Å². The lowest BCUT2D eigenvalue weighted by molar-refractivity contribution is 0.0322. The molecule has 2 fully saturated rings. The molecule has 3 aromatic carbocycles. The summed E-state index contributed by atoms with van der Waals surface area (Å²) in [5.74, 6) is 0.648. The molecule has 2 aliphatic rings. The van der Waals surface area contributed by atoms with Gasteiger partial charge < -0.3 is 19.1 Å². The Morgan fingerprint density at radius 3 is 2.26 bits per heavy atom. The summed E-state index contributed by atoms with van der Waals surface area (Å²) in [4.78, 5) is 19.2. The first-order chi connectivity index (χ1) is 19.2. The summed E-state index contributed by atoms with van der Waals surface area (Å²) in [6.45, 7) is 12.2. The minimum absolute atomic E-state index is 0.265. The lowest BCUT2D eigenvalue weighted by Gasteiger charge is -2.36. The van der Waals surface area contributed by atoms with Gasteiger partial charge in [-0.25, -0.2) is 4.79 Å². The van der Waals surface area contributed by atoms with Crippen LogP contribution in [-0.2, 0) is 16.0 Å². The van der Waals surface area contributed by atoms with E-state index in [2.05, 4.69) is 63.2 Å². The van der Waals surface area contributed by atoms with E-state index in [4.69, 9.17) is 14.2 Å². The molecular weight excluding hydrogens is 490 g/mol. The zero-order valence-electron chi connectivity index (χ0n) is 22.9. The third kappa shape index (κ3) is 7.38. The largest absolute Gasteiger partial charge is 0.492 e. The molecule has 3 aromatic rings. The quantitative estimate of drug-likeness (QED) is 0.357. The molecule has 0 aliphatic carbocycles. The van der Waals surface area contributed by atoms with E-state index in [0.717, 1.165) is 77.0 Å². The first-order valence-corrected chi connectivity index (χ1v) is 14.1. The molecule has 7 heteroatoms. The number of rotatable bonds is 10. The van der Waals surface area contributed by atoms with Crippen molar-refractivity contribution in [2.75, 3.05) is 77.1 Å². The SMILES string of the molecule is CCOC(=O)c1ccc(N2CCN(Cc3ccccc3-c3ccc(OCCN4CCOCC4)cc3)CC2)cc1. The van der Waals surface area contributed by atoms with Crippen LogP contribution in [0.4, 0.5) is 5.69 Å². The zero-order chi connectivity index (χ0) is 26.9. The van der Waals surface area contributed by atoms with Crippen molar-refractivity contribution < 1.29 is 19.0 Å². The number of esters is 1. The molecule has 0 saturated carbocycles. The summed E-state index contributed by atoms with van der Waals surface area (Å²) in [5, 5.41) is 0. The molecule has 7 nitrogen and oxygen atoms in total. The van der Waals surface area contributed by atoms with Gasteiger partial charge in [0.25, 0.3) is 0 Å². The van der Waals surface area contributed by atoms with Crippen molar-refractivity contribution >= 4 is 11.7 Å². The van der Waals surface area contributed by atoms with Crippen LogP contribution in [0.2, 0.25) is 0 Å². The highest BCUT2D eigenvalue weighted by Gasteiger charge is 2.19. The van der Waals surface area contributed by atoms with Gasteiger partial charge in [-0.15, -0.1) is 0 Å². The van der Waals surface area contributed by atoms with E-state index in [-0.39, 0.29) is 5.97 Å². The van der Waals surface area contributed by atoms with Crippen molar-refractivity contribution in [3.8, 4) is 16.9 Å². The van der Waals surface area contributed by atoms with Crippen molar-refractivity contribution in [2.45, 2.75) is 13.5 Å². The van der Waals surface area contributed by atoms with E-state index in [1.807, 2.05) is 31.2 Å². The van der Waals surface area contributed by atoms with E-state index in [9.17, 15) is 4.79 Å². The van der Waals surface area contributed by atoms with E-state index < -0.39 is 0 Å². The van der Waals surface area contributed by atoms with Crippen LogP contribution in [-0.4, -0.2) is 88.0 Å². The summed E-state index contributed by atoms with van der Waals surface area (Å²) in [5.41, 5.74) is 5.57. The molecule has 0 atom stereocenters. The molecule has 0 unspecified atom stereocenters. The molecule has 206 valence electrons. The summed E-state index contributed by atoms with van der Waals surface area (Å²) in [7, 11) is 0. The van der Waals surface area contributed by atoms with Crippen molar-refractivity contribution in [3.63, 3.8) is 0 Å². The highest BCUT2D eigenvalue weighted by atomic mass is 16.5. The fraction of sp³-hybridized carbons (Fsp3) is 0.406. The van der Waals surface area contributed by atoms with Gasteiger partial charge in [-0.3, -0.25) is 9.80 Å². The van der Waals surface area contributed by atoms with Crippen LogP contribution in [0.15, 0.2) is 72.8 Å². The fourth-order valence-corrected chi connectivity index (χ4v) is 5.22. The summed E-state index contributed by atoms with van der Waals surface area (Å²) in [6, 6.07) is 24.9. The van der Waals surface area contributed by atoms with Gasteiger partial charge in [-0.2, -0.15) is 0 Å². The van der Waals surface area contributed by atoms with Gasteiger partial charge >= 0.3 is 5.97 Å². The Kier molecular flexibility index (Phi) is 9.48. The Morgan fingerprint density at radius 1 is 0.821 bits per heavy atom. The van der Waals surface area contributed by atoms with Crippen LogP contribution in [0.25, 0.3) is 11.1 Å². The second-order valence-corrected chi connectivity index (χ2v) is 10.0. The number of morpholine rings is 1. The number of hydrogen-bond donors (Lipinski definition) is 0. The maximum Gasteiger partial charge on any atom is 0.338 e. The summed E-state index contributed by atoms with van der Waals surface area (Å²) < 4.78 is 16.5. The van der Waals surface area contributed by atoms with Crippen LogP contribution < -0.4 is 9.64 Å². The van der Waals surface area contributed by atoms with E-state index in [1.54, 1.807) is 0 Å². The average Bonchev–Trinajstić information content (AvgIpc) is 2.99. The molecule has 5 rings (SSSR count). The Labute approximate surface area is 231 Å².